The lowest BCUT2D eigenvalue weighted by Gasteiger charge is -2.41. The van der Waals surface area contributed by atoms with Gasteiger partial charge in [-0.2, -0.15) is 0 Å². The minimum atomic E-state index is -0.0416. The zero-order valence-corrected chi connectivity index (χ0v) is 11.8. The molecule has 1 aliphatic rings. The lowest BCUT2D eigenvalue weighted by molar-refractivity contribution is -0.137. The summed E-state index contributed by atoms with van der Waals surface area (Å²) in [7, 11) is 0. The fraction of sp³-hybridized carbons (Fsp3) is 0.929. The highest BCUT2D eigenvalue weighted by atomic mass is 16.2. The number of carbonyl (C=O) groups is 1. The van der Waals surface area contributed by atoms with Crippen molar-refractivity contribution < 1.29 is 4.79 Å². The summed E-state index contributed by atoms with van der Waals surface area (Å²) in [5.41, 5.74) is -0.0416. The molecule has 3 heteroatoms. The maximum Gasteiger partial charge on any atom is 0.226 e. The van der Waals surface area contributed by atoms with Gasteiger partial charge in [-0.15, -0.1) is 0 Å². The molecule has 0 aromatic heterocycles. The summed E-state index contributed by atoms with van der Waals surface area (Å²) in [6.45, 7) is 10.3. The van der Waals surface area contributed by atoms with Gasteiger partial charge in [-0.1, -0.05) is 27.2 Å². The molecule has 3 nitrogen and oxygen atoms in total. The third-order valence-corrected chi connectivity index (χ3v) is 3.71. The van der Waals surface area contributed by atoms with E-state index in [1.54, 1.807) is 0 Å². The van der Waals surface area contributed by atoms with Crippen molar-refractivity contribution in [2.75, 3.05) is 13.1 Å². The topological polar surface area (TPSA) is 41.1 Å². The molecule has 0 bridgehead atoms. The molecule has 1 atom stereocenters. The van der Waals surface area contributed by atoms with Crippen molar-refractivity contribution in [3.8, 4) is 0 Å². The summed E-state index contributed by atoms with van der Waals surface area (Å²) in [4.78, 5) is 12.3. The van der Waals surface area contributed by atoms with Crippen LogP contribution in [0, 0.1) is 11.3 Å². The van der Waals surface area contributed by atoms with Crippen LogP contribution in [-0.4, -0.2) is 25.0 Å². The van der Waals surface area contributed by atoms with Crippen molar-refractivity contribution >= 4 is 5.91 Å². The van der Waals surface area contributed by atoms with E-state index >= 15 is 0 Å². The fourth-order valence-corrected chi connectivity index (χ4v) is 2.76. The van der Waals surface area contributed by atoms with Crippen LogP contribution in [0.5, 0.6) is 0 Å². The Kier molecular flexibility index (Phi) is 5.44. The molecule has 0 aliphatic heterocycles. The van der Waals surface area contributed by atoms with Crippen LogP contribution in [0.2, 0.25) is 0 Å². The average Bonchev–Trinajstić information content (AvgIpc) is 2.20. The fourth-order valence-electron chi connectivity index (χ4n) is 2.76. The second kappa shape index (κ2) is 6.39. The Bertz CT molecular complexity index is 247. The number of nitrogens with one attached hydrogen (secondary N) is 2. The number of carbonyl (C=O) groups excluding carboxylic acids is 1. The molecular formula is C14H28N2O. The summed E-state index contributed by atoms with van der Waals surface area (Å²) in [5.74, 6) is 0.884. The standard InChI is InChI=1S/C14H28N2O/c1-5-15-12(4)10-16-13(17)14(7-6-8-14)9-11(2)3/h11-12,15H,5-10H2,1-4H3,(H,16,17)/t12-/m1/s1. The van der Waals surface area contributed by atoms with E-state index in [-0.39, 0.29) is 11.3 Å². The number of hydrogen-bond acceptors (Lipinski definition) is 2. The van der Waals surface area contributed by atoms with E-state index in [1.165, 1.54) is 6.42 Å². The molecular weight excluding hydrogens is 212 g/mol. The number of rotatable bonds is 7. The molecule has 0 aromatic carbocycles. The van der Waals surface area contributed by atoms with Gasteiger partial charge in [0.15, 0.2) is 0 Å². The number of hydrogen-bond donors (Lipinski definition) is 2. The maximum atomic E-state index is 12.3. The van der Waals surface area contributed by atoms with Crippen LogP contribution >= 0.6 is 0 Å². The van der Waals surface area contributed by atoms with Crippen molar-refractivity contribution in [3.05, 3.63) is 0 Å². The van der Waals surface area contributed by atoms with Gasteiger partial charge in [0.1, 0.15) is 0 Å². The summed E-state index contributed by atoms with van der Waals surface area (Å²) < 4.78 is 0. The van der Waals surface area contributed by atoms with E-state index in [1.807, 2.05) is 0 Å². The van der Waals surface area contributed by atoms with E-state index in [9.17, 15) is 4.79 Å². The second-order valence-corrected chi connectivity index (χ2v) is 5.90. The molecule has 1 aliphatic carbocycles. The molecule has 1 amide bonds. The van der Waals surface area contributed by atoms with E-state index in [2.05, 4.69) is 38.3 Å². The van der Waals surface area contributed by atoms with Crippen LogP contribution in [0.3, 0.4) is 0 Å². The molecule has 17 heavy (non-hydrogen) atoms. The zero-order chi connectivity index (χ0) is 12.9. The summed E-state index contributed by atoms with van der Waals surface area (Å²) in [6, 6.07) is 0.361. The second-order valence-electron chi connectivity index (χ2n) is 5.90. The van der Waals surface area contributed by atoms with Crippen molar-refractivity contribution in [1.29, 1.82) is 0 Å². The lowest BCUT2D eigenvalue weighted by Crippen LogP contribution is -2.49. The minimum Gasteiger partial charge on any atom is -0.354 e. The third-order valence-electron chi connectivity index (χ3n) is 3.71. The molecule has 1 rings (SSSR count). The Morgan fingerprint density at radius 2 is 1.94 bits per heavy atom. The molecule has 0 unspecified atom stereocenters. The molecule has 0 aromatic rings. The molecule has 0 radical (unpaired) electrons. The Hall–Kier alpha value is -0.570. The SMILES string of the molecule is CCN[C@H](C)CNC(=O)C1(CC(C)C)CCC1. The van der Waals surface area contributed by atoms with E-state index in [0.717, 1.165) is 32.4 Å². The molecule has 0 spiro atoms. The smallest absolute Gasteiger partial charge is 0.226 e. The van der Waals surface area contributed by atoms with Crippen LogP contribution < -0.4 is 10.6 Å². The largest absolute Gasteiger partial charge is 0.354 e. The maximum absolute atomic E-state index is 12.3. The Labute approximate surface area is 106 Å². The molecule has 1 saturated carbocycles. The average molecular weight is 240 g/mol. The predicted octanol–water partition coefficient (Wildman–Crippen LogP) is 2.32. The molecule has 0 heterocycles. The van der Waals surface area contributed by atoms with Crippen molar-refractivity contribution in [3.63, 3.8) is 0 Å². The molecule has 2 N–H and O–H groups in total. The summed E-state index contributed by atoms with van der Waals surface area (Å²) in [5, 5.41) is 6.43. The predicted molar refractivity (Wildman–Crippen MR) is 71.9 cm³/mol. The van der Waals surface area contributed by atoms with Crippen LogP contribution in [0.1, 0.15) is 53.4 Å². The lowest BCUT2D eigenvalue weighted by atomic mass is 9.64. The van der Waals surface area contributed by atoms with Crippen LogP contribution in [-0.2, 0) is 4.79 Å². The monoisotopic (exact) mass is 240 g/mol. The van der Waals surface area contributed by atoms with E-state index in [0.29, 0.717) is 12.0 Å². The van der Waals surface area contributed by atoms with Gasteiger partial charge in [0, 0.05) is 18.0 Å². The van der Waals surface area contributed by atoms with Crippen LogP contribution in [0.15, 0.2) is 0 Å². The molecule has 100 valence electrons. The van der Waals surface area contributed by atoms with Gasteiger partial charge in [0.2, 0.25) is 5.91 Å². The van der Waals surface area contributed by atoms with Crippen LogP contribution in [0.4, 0.5) is 0 Å². The number of likely N-dealkylation sites (N-methyl/N-ethyl adjacent to an activating group) is 1. The van der Waals surface area contributed by atoms with Gasteiger partial charge < -0.3 is 10.6 Å². The number of amides is 1. The van der Waals surface area contributed by atoms with Gasteiger partial charge in [0.05, 0.1) is 0 Å². The van der Waals surface area contributed by atoms with Crippen molar-refractivity contribution in [1.82, 2.24) is 10.6 Å². The molecule has 0 saturated heterocycles. The van der Waals surface area contributed by atoms with E-state index in [4.69, 9.17) is 0 Å². The van der Waals surface area contributed by atoms with Gasteiger partial charge in [-0.25, -0.2) is 0 Å². The highest BCUT2D eigenvalue weighted by molar-refractivity contribution is 5.83. The van der Waals surface area contributed by atoms with Gasteiger partial charge in [0.25, 0.3) is 0 Å². The Morgan fingerprint density at radius 3 is 2.35 bits per heavy atom. The summed E-state index contributed by atoms with van der Waals surface area (Å²) in [6.07, 6.45) is 4.40. The van der Waals surface area contributed by atoms with Gasteiger partial charge >= 0.3 is 0 Å². The Balaban J connectivity index is 2.39. The van der Waals surface area contributed by atoms with E-state index < -0.39 is 0 Å². The van der Waals surface area contributed by atoms with Crippen LogP contribution in [0.25, 0.3) is 0 Å². The van der Waals surface area contributed by atoms with Gasteiger partial charge in [-0.3, -0.25) is 4.79 Å². The third kappa shape index (κ3) is 3.98. The first kappa shape index (κ1) is 14.5. The Morgan fingerprint density at radius 1 is 1.29 bits per heavy atom. The first-order chi connectivity index (χ1) is 8.00. The van der Waals surface area contributed by atoms with Crippen molar-refractivity contribution in [2.24, 2.45) is 11.3 Å². The first-order valence-electron chi connectivity index (χ1n) is 7.02. The van der Waals surface area contributed by atoms with Crippen molar-refractivity contribution in [2.45, 2.75) is 59.4 Å². The molecule has 1 fully saturated rings. The summed E-state index contributed by atoms with van der Waals surface area (Å²) >= 11 is 0. The zero-order valence-electron chi connectivity index (χ0n) is 11.8. The van der Waals surface area contributed by atoms with Gasteiger partial charge in [-0.05, 0) is 38.6 Å². The first-order valence-corrected chi connectivity index (χ1v) is 7.02. The highest BCUT2D eigenvalue weighted by Crippen LogP contribution is 2.46. The minimum absolute atomic E-state index is 0.0416. The highest BCUT2D eigenvalue weighted by Gasteiger charge is 2.43. The normalized spacial score (nSPS) is 19.8. The quantitative estimate of drug-likeness (QED) is 0.717.